The Morgan fingerprint density at radius 2 is 1.94 bits per heavy atom. The number of hydrogen-bond donors (Lipinski definition) is 2. The fourth-order valence-electron chi connectivity index (χ4n) is 4.38. The number of esters is 1. The SMILES string of the molecule is COC(=O)C1=C(CN2CC(F)(F)C[C@H]2C(=O)O)NC(c2cc(F)cs2)=N[C@@]1(C)c1ccc(F)cc1. The maximum absolute atomic E-state index is 14.1. The Hall–Kier alpha value is -3.25. The fourth-order valence-corrected chi connectivity index (χ4v) is 5.08. The summed E-state index contributed by atoms with van der Waals surface area (Å²) in [6, 6.07) is 4.92. The standard InChI is InChI=1S/C23H21F4N3O4S/c1-22(12-3-5-13(24)6-4-12)18(21(33)34-2)15(28-19(29-22)17-7-14(25)10-35-17)9-30-11-23(26,27)8-16(30)20(31)32/h3-7,10,16H,8-9,11H2,1-2H3,(H,28,29)(H,31,32)/t16-,22-/m0/s1. The molecule has 2 aliphatic rings. The van der Waals surface area contributed by atoms with E-state index in [9.17, 15) is 32.3 Å². The number of amidine groups is 1. The summed E-state index contributed by atoms with van der Waals surface area (Å²) in [5, 5.41) is 13.7. The second-order valence-corrected chi connectivity index (χ2v) is 9.37. The van der Waals surface area contributed by atoms with Crippen molar-refractivity contribution in [1.29, 1.82) is 0 Å². The molecule has 2 aliphatic heterocycles. The van der Waals surface area contributed by atoms with Crippen LogP contribution in [0.5, 0.6) is 0 Å². The molecule has 4 rings (SSSR count). The van der Waals surface area contributed by atoms with E-state index >= 15 is 0 Å². The van der Waals surface area contributed by atoms with Crippen LogP contribution < -0.4 is 5.32 Å². The number of hydrogen-bond acceptors (Lipinski definition) is 7. The molecule has 186 valence electrons. The van der Waals surface area contributed by atoms with Crippen LogP contribution in [0.2, 0.25) is 0 Å². The number of ether oxygens (including phenoxy) is 1. The molecule has 1 fully saturated rings. The predicted octanol–water partition coefficient (Wildman–Crippen LogP) is 3.51. The number of rotatable bonds is 6. The number of carboxylic acids is 1. The smallest absolute Gasteiger partial charge is 0.338 e. The quantitative estimate of drug-likeness (QED) is 0.456. The first-order valence-electron chi connectivity index (χ1n) is 10.5. The zero-order valence-corrected chi connectivity index (χ0v) is 19.5. The Morgan fingerprint density at radius 3 is 2.51 bits per heavy atom. The molecule has 0 bridgehead atoms. The molecule has 2 aromatic rings. The van der Waals surface area contributed by atoms with Crippen LogP contribution in [0.15, 0.2) is 52.0 Å². The molecule has 2 N–H and O–H groups in total. The number of carboxylic acid groups (broad SMARTS) is 1. The van der Waals surface area contributed by atoms with Gasteiger partial charge in [0.1, 0.15) is 29.1 Å². The van der Waals surface area contributed by atoms with E-state index in [1.807, 2.05) is 0 Å². The number of halogens is 4. The predicted molar refractivity (Wildman–Crippen MR) is 119 cm³/mol. The van der Waals surface area contributed by atoms with Crippen LogP contribution in [-0.4, -0.2) is 59.9 Å². The van der Waals surface area contributed by atoms with E-state index < -0.39 is 54.0 Å². The Bertz CT molecular complexity index is 1230. The molecule has 0 saturated carbocycles. The molecule has 2 atom stereocenters. The third-order valence-electron chi connectivity index (χ3n) is 6.00. The first-order chi connectivity index (χ1) is 16.4. The Kier molecular flexibility index (Phi) is 6.45. The summed E-state index contributed by atoms with van der Waals surface area (Å²) < 4.78 is 60.7. The first kappa shape index (κ1) is 24.9. The van der Waals surface area contributed by atoms with E-state index in [0.29, 0.717) is 10.4 Å². The molecule has 1 saturated heterocycles. The number of carbonyl (C=O) groups is 2. The van der Waals surface area contributed by atoms with Gasteiger partial charge in [-0.3, -0.25) is 14.7 Å². The maximum atomic E-state index is 14.1. The summed E-state index contributed by atoms with van der Waals surface area (Å²) in [4.78, 5) is 30.7. The second-order valence-electron chi connectivity index (χ2n) is 8.46. The number of alkyl halides is 2. The second kappa shape index (κ2) is 9.08. The molecule has 1 aromatic heterocycles. The van der Waals surface area contributed by atoms with E-state index in [4.69, 9.17) is 4.74 Å². The van der Waals surface area contributed by atoms with E-state index in [-0.39, 0.29) is 23.7 Å². The van der Waals surface area contributed by atoms with Crippen LogP contribution in [0.25, 0.3) is 0 Å². The van der Waals surface area contributed by atoms with Gasteiger partial charge in [-0.1, -0.05) is 12.1 Å². The molecule has 0 unspecified atom stereocenters. The van der Waals surface area contributed by atoms with Gasteiger partial charge >= 0.3 is 11.9 Å². The largest absolute Gasteiger partial charge is 0.480 e. The summed E-state index contributed by atoms with van der Waals surface area (Å²) in [5.41, 5.74) is -1.09. The van der Waals surface area contributed by atoms with Crippen LogP contribution >= 0.6 is 11.3 Å². The Balaban J connectivity index is 1.87. The Morgan fingerprint density at radius 1 is 1.26 bits per heavy atom. The van der Waals surface area contributed by atoms with Crippen LogP contribution in [0.4, 0.5) is 17.6 Å². The van der Waals surface area contributed by atoms with Crippen LogP contribution in [0.1, 0.15) is 23.8 Å². The minimum atomic E-state index is -3.24. The van der Waals surface area contributed by atoms with E-state index in [0.717, 1.165) is 23.3 Å². The molecule has 35 heavy (non-hydrogen) atoms. The lowest BCUT2D eigenvalue weighted by molar-refractivity contribution is -0.142. The molecule has 7 nitrogen and oxygen atoms in total. The van der Waals surface area contributed by atoms with Gasteiger partial charge in [-0.05, 0) is 30.7 Å². The highest BCUT2D eigenvalue weighted by molar-refractivity contribution is 7.12. The van der Waals surface area contributed by atoms with Gasteiger partial charge in [0, 0.05) is 24.0 Å². The van der Waals surface area contributed by atoms with Crippen molar-refractivity contribution >= 4 is 29.1 Å². The molecule has 1 aromatic carbocycles. The minimum Gasteiger partial charge on any atom is -0.480 e. The van der Waals surface area contributed by atoms with Gasteiger partial charge in [0.2, 0.25) is 0 Å². The van der Waals surface area contributed by atoms with Crippen molar-refractivity contribution in [2.45, 2.75) is 30.8 Å². The normalized spacial score (nSPS) is 24.2. The van der Waals surface area contributed by atoms with Crippen LogP contribution in [0, 0.1) is 11.6 Å². The van der Waals surface area contributed by atoms with Gasteiger partial charge < -0.3 is 15.2 Å². The maximum Gasteiger partial charge on any atom is 0.338 e. The van der Waals surface area contributed by atoms with E-state index in [1.165, 1.54) is 35.7 Å². The van der Waals surface area contributed by atoms with Crippen molar-refractivity contribution in [3.05, 3.63) is 69.1 Å². The van der Waals surface area contributed by atoms with Crippen LogP contribution in [-0.2, 0) is 19.9 Å². The third kappa shape index (κ3) is 4.80. The number of aliphatic imine (C=N–C) groups is 1. The summed E-state index contributed by atoms with van der Waals surface area (Å²) >= 11 is 1.03. The van der Waals surface area contributed by atoms with E-state index in [2.05, 4.69) is 10.3 Å². The number of carbonyl (C=O) groups excluding carboxylic acids is 1. The molecular formula is C23H21F4N3O4S. The number of nitrogens with zero attached hydrogens (tertiary/aromatic N) is 2. The minimum absolute atomic E-state index is 0.0632. The molecule has 3 heterocycles. The number of likely N-dealkylation sites (tertiary alicyclic amines) is 1. The molecule has 0 amide bonds. The average Bonchev–Trinajstić information content (AvgIpc) is 3.35. The third-order valence-corrected chi connectivity index (χ3v) is 6.91. The van der Waals surface area contributed by atoms with Gasteiger partial charge in [-0.15, -0.1) is 11.3 Å². The lowest BCUT2D eigenvalue weighted by Crippen LogP contribution is -2.46. The van der Waals surface area contributed by atoms with Gasteiger partial charge in [-0.25, -0.2) is 22.4 Å². The number of methoxy groups -OCH3 is 1. The monoisotopic (exact) mass is 511 g/mol. The van der Waals surface area contributed by atoms with Gasteiger partial charge in [0.15, 0.2) is 0 Å². The molecule has 0 spiro atoms. The van der Waals surface area contributed by atoms with Crippen molar-refractivity contribution < 1.29 is 37.0 Å². The average molecular weight is 511 g/mol. The van der Waals surface area contributed by atoms with E-state index in [1.54, 1.807) is 6.92 Å². The van der Waals surface area contributed by atoms with Gasteiger partial charge in [-0.2, -0.15) is 0 Å². The summed E-state index contributed by atoms with van der Waals surface area (Å²) in [6.45, 7) is 0.349. The number of benzene rings is 1. The van der Waals surface area contributed by atoms with Crippen molar-refractivity contribution in [2.75, 3.05) is 20.2 Å². The summed E-state index contributed by atoms with van der Waals surface area (Å²) in [6.07, 6.45) is -0.879. The van der Waals surface area contributed by atoms with Crippen LogP contribution in [0.3, 0.4) is 0 Å². The molecular weight excluding hydrogens is 490 g/mol. The van der Waals surface area contributed by atoms with Crippen molar-refractivity contribution in [2.24, 2.45) is 4.99 Å². The van der Waals surface area contributed by atoms with Gasteiger partial charge in [0.05, 0.1) is 24.1 Å². The molecule has 12 heteroatoms. The van der Waals surface area contributed by atoms with Crippen molar-refractivity contribution in [3.8, 4) is 0 Å². The highest BCUT2D eigenvalue weighted by Crippen LogP contribution is 2.40. The summed E-state index contributed by atoms with van der Waals surface area (Å²) in [5.74, 6) is -6.40. The summed E-state index contributed by atoms with van der Waals surface area (Å²) in [7, 11) is 1.13. The zero-order valence-electron chi connectivity index (χ0n) is 18.6. The fraction of sp³-hybridized carbons (Fsp3) is 0.348. The topological polar surface area (TPSA) is 91.2 Å². The number of nitrogens with one attached hydrogen (secondary N) is 1. The van der Waals surface area contributed by atoms with Crippen molar-refractivity contribution in [1.82, 2.24) is 10.2 Å². The Labute approximate surface area is 201 Å². The van der Waals surface area contributed by atoms with Gasteiger partial charge in [0.25, 0.3) is 5.92 Å². The lowest BCUT2D eigenvalue weighted by Gasteiger charge is -2.36. The number of thiophene rings is 1. The zero-order chi connectivity index (χ0) is 25.5. The van der Waals surface area contributed by atoms with Crippen molar-refractivity contribution in [3.63, 3.8) is 0 Å². The molecule has 0 radical (unpaired) electrons. The first-order valence-corrected chi connectivity index (χ1v) is 11.4. The molecule has 0 aliphatic carbocycles. The highest BCUT2D eigenvalue weighted by atomic mass is 32.1. The number of aliphatic carboxylic acids is 1. The lowest BCUT2D eigenvalue weighted by atomic mass is 9.82. The highest BCUT2D eigenvalue weighted by Gasteiger charge is 2.50.